The van der Waals surface area contributed by atoms with Gasteiger partial charge >= 0.3 is 0 Å². The Morgan fingerprint density at radius 1 is 1.53 bits per heavy atom. The zero-order valence-electron chi connectivity index (χ0n) is 9.06. The summed E-state index contributed by atoms with van der Waals surface area (Å²) < 4.78 is 5.19. The van der Waals surface area contributed by atoms with Crippen molar-refractivity contribution in [2.75, 3.05) is 13.7 Å². The maximum Gasteiger partial charge on any atom is 0.210 e. The number of ether oxygens (including phenoxy) is 1. The minimum atomic E-state index is 0.178. The molecule has 1 heterocycles. The second-order valence-corrected chi connectivity index (χ2v) is 3.83. The van der Waals surface area contributed by atoms with E-state index in [4.69, 9.17) is 4.74 Å². The molecule has 0 aliphatic carbocycles. The number of nitrogens with zero attached hydrogens (tertiary/aromatic N) is 1. The molecule has 1 amide bonds. The van der Waals surface area contributed by atoms with Gasteiger partial charge in [0.15, 0.2) is 0 Å². The van der Waals surface area contributed by atoms with Crippen LogP contribution < -0.4 is 4.74 Å². The van der Waals surface area contributed by atoms with Gasteiger partial charge in [0.2, 0.25) is 6.41 Å². The van der Waals surface area contributed by atoms with Gasteiger partial charge in [0.1, 0.15) is 5.75 Å². The fraction of sp³-hybridized carbons (Fsp3) is 0.417. The lowest BCUT2D eigenvalue weighted by atomic mass is 9.94. The van der Waals surface area contributed by atoms with Crippen molar-refractivity contribution in [3.05, 3.63) is 29.3 Å². The van der Waals surface area contributed by atoms with Crippen LogP contribution in [0.25, 0.3) is 0 Å². The van der Waals surface area contributed by atoms with Gasteiger partial charge in [-0.25, -0.2) is 0 Å². The van der Waals surface area contributed by atoms with Crippen LogP contribution in [-0.2, 0) is 11.2 Å². The molecule has 3 nitrogen and oxygen atoms in total. The summed E-state index contributed by atoms with van der Waals surface area (Å²) in [6, 6.07) is 6.24. The maximum atomic E-state index is 10.8. The molecule has 0 radical (unpaired) electrons. The first-order valence-electron chi connectivity index (χ1n) is 5.14. The Bertz CT molecular complexity index is 376. The minimum absolute atomic E-state index is 0.178. The maximum absolute atomic E-state index is 10.8. The third-order valence-corrected chi connectivity index (χ3v) is 3.07. The Kier molecular flexibility index (Phi) is 2.62. The highest BCUT2D eigenvalue weighted by Crippen LogP contribution is 2.30. The predicted octanol–water partition coefficient (Wildman–Crippen LogP) is 1.77. The Balaban J connectivity index is 2.36. The van der Waals surface area contributed by atoms with Crippen LogP contribution in [0.2, 0.25) is 0 Å². The molecule has 0 spiro atoms. The quantitative estimate of drug-likeness (QED) is 0.689. The predicted molar refractivity (Wildman–Crippen MR) is 57.9 cm³/mol. The SMILES string of the molecule is COc1ccc2c(c1)CCN(C=O)C2C. The van der Waals surface area contributed by atoms with E-state index in [2.05, 4.69) is 19.1 Å². The van der Waals surface area contributed by atoms with E-state index in [1.807, 2.05) is 11.0 Å². The molecule has 1 aliphatic rings. The van der Waals surface area contributed by atoms with Crippen molar-refractivity contribution in [1.29, 1.82) is 0 Å². The number of benzene rings is 1. The number of carbonyl (C=O) groups excluding carboxylic acids is 1. The van der Waals surface area contributed by atoms with Gasteiger partial charge in [-0.2, -0.15) is 0 Å². The highest BCUT2D eigenvalue weighted by Gasteiger charge is 2.22. The number of hydrogen-bond acceptors (Lipinski definition) is 2. The summed E-state index contributed by atoms with van der Waals surface area (Å²) in [4.78, 5) is 12.6. The van der Waals surface area contributed by atoms with Gasteiger partial charge in [-0.05, 0) is 36.6 Å². The van der Waals surface area contributed by atoms with E-state index < -0.39 is 0 Å². The largest absolute Gasteiger partial charge is 0.497 e. The number of carbonyl (C=O) groups is 1. The highest BCUT2D eigenvalue weighted by atomic mass is 16.5. The first kappa shape index (κ1) is 10.0. The average Bonchev–Trinajstić information content (AvgIpc) is 2.29. The molecule has 1 aromatic rings. The average molecular weight is 205 g/mol. The highest BCUT2D eigenvalue weighted by molar-refractivity contribution is 5.51. The van der Waals surface area contributed by atoms with Crippen LogP contribution in [0.1, 0.15) is 24.1 Å². The molecule has 3 heteroatoms. The van der Waals surface area contributed by atoms with Gasteiger partial charge in [-0.15, -0.1) is 0 Å². The molecule has 15 heavy (non-hydrogen) atoms. The Morgan fingerprint density at radius 2 is 2.33 bits per heavy atom. The molecule has 1 aromatic carbocycles. The van der Waals surface area contributed by atoms with Crippen LogP contribution >= 0.6 is 0 Å². The van der Waals surface area contributed by atoms with Gasteiger partial charge < -0.3 is 9.64 Å². The van der Waals surface area contributed by atoms with Crippen LogP contribution in [0, 0.1) is 0 Å². The van der Waals surface area contributed by atoms with Crippen LogP contribution in [-0.4, -0.2) is 25.0 Å². The first-order valence-corrected chi connectivity index (χ1v) is 5.14. The smallest absolute Gasteiger partial charge is 0.210 e. The third-order valence-electron chi connectivity index (χ3n) is 3.07. The molecule has 80 valence electrons. The van der Waals surface area contributed by atoms with Gasteiger partial charge in [0.25, 0.3) is 0 Å². The Labute approximate surface area is 89.7 Å². The van der Waals surface area contributed by atoms with E-state index in [0.717, 1.165) is 25.1 Å². The monoisotopic (exact) mass is 205 g/mol. The van der Waals surface area contributed by atoms with Crippen molar-refractivity contribution >= 4 is 6.41 Å². The van der Waals surface area contributed by atoms with E-state index in [9.17, 15) is 4.79 Å². The summed E-state index contributed by atoms with van der Waals surface area (Å²) in [6.07, 6.45) is 1.84. The molecule has 2 rings (SSSR count). The standard InChI is InChI=1S/C12H15NO2/c1-9-12-4-3-11(15-2)7-10(12)5-6-13(9)8-14/h3-4,7-9H,5-6H2,1-2H3. The normalized spacial score (nSPS) is 19.6. The lowest BCUT2D eigenvalue weighted by molar-refractivity contribution is -0.120. The number of amides is 1. The first-order chi connectivity index (χ1) is 7.26. The van der Waals surface area contributed by atoms with Gasteiger partial charge in [0, 0.05) is 6.54 Å². The summed E-state index contributed by atoms with van der Waals surface area (Å²) in [5.41, 5.74) is 2.52. The molecule has 1 aliphatic heterocycles. The van der Waals surface area contributed by atoms with Crippen molar-refractivity contribution in [1.82, 2.24) is 4.90 Å². The summed E-state index contributed by atoms with van der Waals surface area (Å²) in [6.45, 7) is 2.85. The summed E-state index contributed by atoms with van der Waals surface area (Å²) >= 11 is 0. The van der Waals surface area contributed by atoms with E-state index in [1.165, 1.54) is 11.1 Å². The van der Waals surface area contributed by atoms with E-state index >= 15 is 0 Å². The second-order valence-electron chi connectivity index (χ2n) is 3.83. The summed E-state index contributed by atoms with van der Waals surface area (Å²) in [7, 11) is 1.67. The van der Waals surface area contributed by atoms with Crippen molar-refractivity contribution in [3.63, 3.8) is 0 Å². The number of hydrogen-bond donors (Lipinski definition) is 0. The molecule has 0 fully saturated rings. The van der Waals surface area contributed by atoms with Crippen LogP contribution in [0.15, 0.2) is 18.2 Å². The second kappa shape index (κ2) is 3.93. The van der Waals surface area contributed by atoms with Gasteiger partial charge in [-0.3, -0.25) is 4.79 Å². The lowest BCUT2D eigenvalue weighted by Crippen LogP contribution is -2.32. The van der Waals surface area contributed by atoms with Crippen LogP contribution in [0.4, 0.5) is 0 Å². The van der Waals surface area contributed by atoms with Gasteiger partial charge in [0.05, 0.1) is 13.2 Å². The van der Waals surface area contributed by atoms with Crippen molar-refractivity contribution < 1.29 is 9.53 Å². The minimum Gasteiger partial charge on any atom is -0.497 e. The molecular formula is C12H15NO2. The van der Waals surface area contributed by atoms with Crippen molar-refractivity contribution in [2.45, 2.75) is 19.4 Å². The van der Waals surface area contributed by atoms with Crippen molar-refractivity contribution in [3.8, 4) is 5.75 Å². The molecular weight excluding hydrogens is 190 g/mol. The van der Waals surface area contributed by atoms with E-state index in [-0.39, 0.29) is 6.04 Å². The molecule has 0 aromatic heterocycles. The van der Waals surface area contributed by atoms with E-state index in [0.29, 0.717) is 0 Å². The fourth-order valence-electron chi connectivity index (χ4n) is 2.10. The molecule has 0 saturated carbocycles. The van der Waals surface area contributed by atoms with Gasteiger partial charge in [-0.1, -0.05) is 6.07 Å². The lowest BCUT2D eigenvalue weighted by Gasteiger charge is -2.32. The summed E-state index contributed by atoms with van der Waals surface area (Å²) in [5.74, 6) is 0.889. The molecule has 0 saturated heterocycles. The Morgan fingerprint density at radius 3 is 3.00 bits per heavy atom. The molecule has 0 bridgehead atoms. The molecule has 1 atom stereocenters. The molecule has 0 N–H and O–H groups in total. The zero-order valence-corrected chi connectivity index (χ0v) is 9.06. The van der Waals surface area contributed by atoms with E-state index in [1.54, 1.807) is 7.11 Å². The molecule has 1 unspecified atom stereocenters. The third kappa shape index (κ3) is 1.69. The topological polar surface area (TPSA) is 29.5 Å². The van der Waals surface area contributed by atoms with Crippen LogP contribution in [0.5, 0.6) is 5.75 Å². The number of fused-ring (bicyclic) bond motifs is 1. The summed E-state index contributed by atoms with van der Waals surface area (Å²) in [5, 5.41) is 0. The Hall–Kier alpha value is -1.51. The fourth-order valence-corrected chi connectivity index (χ4v) is 2.10. The zero-order chi connectivity index (χ0) is 10.8. The van der Waals surface area contributed by atoms with Crippen LogP contribution in [0.3, 0.4) is 0 Å². The van der Waals surface area contributed by atoms with Crippen molar-refractivity contribution in [2.24, 2.45) is 0 Å². The number of rotatable bonds is 2. The number of methoxy groups -OCH3 is 1.